The van der Waals surface area contributed by atoms with Crippen LogP contribution in [-0.2, 0) is 6.54 Å². The fraction of sp³-hybridized carbons (Fsp3) is 0.667. The van der Waals surface area contributed by atoms with E-state index in [1.807, 2.05) is 6.07 Å². The van der Waals surface area contributed by atoms with Gasteiger partial charge in [-0.1, -0.05) is 12.1 Å². The molecule has 6 heteroatoms. The van der Waals surface area contributed by atoms with Crippen LogP contribution in [0.1, 0.15) is 31.2 Å². The molecular formula is C21H33FN4O. The first-order valence-electron chi connectivity index (χ1n) is 10.0. The van der Waals surface area contributed by atoms with E-state index in [1.54, 1.807) is 31.1 Å². The molecule has 0 radical (unpaired) electrons. The number of halogens is 1. The smallest absolute Gasteiger partial charge is 0.316 e. The predicted octanol–water partition coefficient (Wildman–Crippen LogP) is 2.77. The number of hydrogen-bond acceptors (Lipinski definition) is 3. The lowest BCUT2D eigenvalue weighted by atomic mass is 9.66. The molecule has 0 bridgehead atoms. The van der Waals surface area contributed by atoms with Crippen LogP contribution in [0.15, 0.2) is 24.3 Å². The summed E-state index contributed by atoms with van der Waals surface area (Å²) < 4.78 is 13.7. The first-order valence-corrected chi connectivity index (χ1v) is 10.0. The number of urea groups is 1. The third-order valence-electron chi connectivity index (χ3n) is 6.38. The van der Waals surface area contributed by atoms with Gasteiger partial charge in [0.15, 0.2) is 0 Å². The maximum Gasteiger partial charge on any atom is 0.316 e. The molecule has 0 saturated carbocycles. The number of carbonyl (C=O) groups is 1. The molecule has 1 unspecified atom stereocenters. The standard InChI is InChI=1S/C21H33FN4O/c1-24(2)20(27)23-15-19-21(9-12-25(3)13-10-21)8-5-11-26(19)16-17-6-4-7-18(22)14-17/h4,6-7,14,19H,5,8-13,15-16H2,1-3H3,(H,23,27). The van der Waals surface area contributed by atoms with Gasteiger partial charge < -0.3 is 15.1 Å². The molecule has 2 aliphatic rings. The van der Waals surface area contributed by atoms with Crippen molar-refractivity contribution in [3.8, 4) is 0 Å². The summed E-state index contributed by atoms with van der Waals surface area (Å²) in [4.78, 5) is 18.6. The zero-order valence-electron chi connectivity index (χ0n) is 16.9. The first-order chi connectivity index (χ1) is 12.9. The summed E-state index contributed by atoms with van der Waals surface area (Å²) in [5.41, 5.74) is 1.24. The maximum atomic E-state index is 13.7. The second-order valence-corrected chi connectivity index (χ2v) is 8.47. The molecule has 0 aromatic heterocycles. The number of nitrogens with zero attached hydrogens (tertiary/aromatic N) is 3. The fourth-order valence-electron chi connectivity index (χ4n) is 4.74. The van der Waals surface area contributed by atoms with Crippen molar-refractivity contribution in [2.45, 2.75) is 38.3 Å². The van der Waals surface area contributed by atoms with E-state index in [0.29, 0.717) is 6.54 Å². The Bertz CT molecular complexity index is 643. The average molecular weight is 377 g/mol. The van der Waals surface area contributed by atoms with Crippen LogP contribution in [0.25, 0.3) is 0 Å². The van der Waals surface area contributed by atoms with Crippen LogP contribution in [-0.4, -0.2) is 74.1 Å². The van der Waals surface area contributed by atoms with Crippen molar-refractivity contribution in [1.82, 2.24) is 20.0 Å². The highest BCUT2D eigenvalue weighted by Crippen LogP contribution is 2.44. The molecule has 1 aromatic rings. The Morgan fingerprint density at radius 3 is 2.67 bits per heavy atom. The molecule has 2 heterocycles. The van der Waals surface area contributed by atoms with Gasteiger partial charge in [-0.15, -0.1) is 0 Å². The topological polar surface area (TPSA) is 38.8 Å². The summed E-state index contributed by atoms with van der Waals surface area (Å²) in [6.45, 7) is 4.59. The third-order valence-corrected chi connectivity index (χ3v) is 6.38. The number of benzene rings is 1. The van der Waals surface area contributed by atoms with E-state index in [0.717, 1.165) is 51.0 Å². The minimum absolute atomic E-state index is 0.0469. The molecule has 2 fully saturated rings. The van der Waals surface area contributed by atoms with Gasteiger partial charge in [0.25, 0.3) is 0 Å². The van der Waals surface area contributed by atoms with E-state index >= 15 is 0 Å². The van der Waals surface area contributed by atoms with Crippen molar-refractivity contribution in [1.29, 1.82) is 0 Å². The minimum Gasteiger partial charge on any atom is -0.336 e. The zero-order chi connectivity index (χ0) is 19.4. The van der Waals surface area contributed by atoms with Gasteiger partial charge in [0.1, 0.15) is 5.82 Å². The van der Waals surface area contributed by atoms with Gasteiger partial charge in [-0.2, -0.15) is 0 Å². The van der Waals surface area contributed by atoms with Crippen molar-refractivity contribution in [2.24, 2.45) is 5.41 Å². The Hall–Kier alpha value is -1.66. The first kappa shape index (κ1) is 20.1. The quantitative estimate of drug-likeness (QED) is 0.878. The Morgan fingerprint density at radius 2 is 2.00 bits per heavy atom. The second-order valence-electron chi connectivity index (χ2n) is 8.47. The number of carbonyl (C=O) groups excluding carboxylic acids is 1. The highest BCUT2D eigenvalue weighted by molar-refractivity contribution is 5.73. The molecule has 1 N–H and O–H groups in total. The molecule has 2 aliphatic heterocycles. The van der Waals surface area contributed by atoms with Gasteiger partial charge in [-0.05, 0) is 75.5 Å². The molecule has 27 heavy (non-hydrogen) atoms. The molecule has 1 spiro atoms. The Labute approximate surface area is 162 Å². The van der Waals surface area contributed by atoms with Crippen molar-refractivity contribution in [2.75, 3.05) is 47.3 Å². The van der Waals surface area contributed by atoms with Gasteiger partial charge in [0.05, 0.1) is 0 Å². The van der Waals surface area contributed by atoms with E-state index in [9.17, 15) is 9.18 Å². The van der Waals surface area contributed by atoms with Crippen LogP contribution in [0, 0.1) is 11.2 Å². The minimum atomic E-state index is -0.184. The lowest BCUT2D eigenvalue weighted by molar-refractivity contribution is -0.0305. The number of likely N-dealkylation sites (tertiary alicyclic amines) is 2. The number of rotatable bonds is 4. The molecule has 1 atom stereocenters. The van der Waals surface area contributed by atoms with E-state index in [2.05, 4.69) is 22.2 Å². The van der Waals surface area contributed by atoms with E-state index in [1.165, 1.54) is 12.5 Å². The summed E-state index contributed by atoms with van der Waals surface area (Å²) in [5.74, 6) is -0.184. The second kappa shape index (κ2) is 8.57. The maximum absolute atomic E-state index is 13.7. The van der Waals surface area contributed by atoms with Gasteiger partial charge in [-0.25, -0.2) is 9.18 Å². The Balaban J connectivity index is 1.79. The zero-order valence-corrected chi connectivity index (χ0v) is 16.9. The van der Waals surface area contributed by atoms with Crippen LogP contribution >= 0.6 is 0 Å². The number of piperidine rings is 2. The monoisotopic (exact) mass is 376 g/mol. The number of amides is 2. The van der Waals surface area contributed by atoms with Gasteiger partial charge in [-0.3, -0.25) is 4.90 Å². The van der Waals surface area contributed by atoms with Crippen LogP contribution in [0.3, 0.4) is 0 Å². The lowest BCUT2D eigenvalue weighted by Gasteiger charge is -2.53. The number of nitrogens with one attached hydrogen (secondary N) is 1. The van der Waals surface area contributed by atoms with E-state index in [-0.39, 0.29) is 23.3 Å². The van der Waals surface area contributed by atoms with Crippen molar-refractivity contribution in [3.63, 3.8) is 0 Å². The third kappa shape index (κ3) is 4.79. The van der Waals surface area contributed by atoms with Crippen LogP contribution in [0.2, 0.25) is 0 Å². The normalized spacial score (nSPS) is 23.3. The summed E-state index contributed by atoms with van der Waals surface area (Å²) in [5, 5.41) is 3.12. The number of hydrogen-bond donors (Lipinski definition) is 1. The molecule has 150 valence electrons. The van der Waals surface area contributed by atoms with Crippen LogP contribution in [0.4, 0.5) is 9.18 Å². The molecule has 2 amide bonds. The summed E-state index contributed by atoms with van der Waals surface area (Å²) in [6, 6.07) is 7.14. The molecule has 3 rings (SSSR count). The van der Waals surface area contributed by atoms with E-state index in [4.69, 9.17) is 0 Å². The largest absolute Gasteiger partial charge is 0.336 e. The predicted molar refractivity (Wildman–Crippen MR) is 106 cm³/mol. The summed E-state index contributed by atoms with van der Waals surface area (Å²) in [7, 11) is 5.72. The highest BCUT2D eigenvalue weighted by atomic mass is 19.1. The van der Waals surface area contributed by atoms with Crippen molar-refractivity contribution in [3.05, 3.63) is 35.6 Å². The van der Waals surface area contributed by atoms with Crippen LogP contribution < -0.4 is 5.32 Å². The van der Waals surface area contributed by atoms with Crippen LogP contribution in [0.5, 0.6) is 0 Å². The van der Waals surface area contributed by atoms with Gasteiger partial charge in [0.2, 0.25) is 0 Å². The Morgan fingerprint density at radius 1 is 1.26 bits per heavy atom. The Kier molecular flexibility index (Phi) is 6.37. The molecule has 0 aliphatic carbocycles. The van der Waals surface area contributed by atoms with Gasteiger partial charge in [0, 0.05) is 33.2 Å². The lowest BCUT2D eigenvalue weighted by Crippen LogP contribution is -2.60. The molecular weight excluding hydrogens is 343 g/mol. The summed E-state index contributed by atoms with van der Waals surface area (Å²) in [6.07, 6.45) is 4.69. The van der Waals surface area contributed by atoms with Gasteiger partial charge >= 0.3 is 6.03 Å². The highest BCUT2D eigenvalue weighted by Gasteiger charge is 2.45. The molecule has 2 saturated heterocycles. The van der Waals surface area contributed by atoms with Crippen molar-refractivity contribution < 1.29 is 9.18 Å². The van der Waals surface area contributed by atoms with E-state index < -0.39 is 0 Å². The average Bonchev–Trinajstić information content (AvgIpc) is 2.63. The molecule has 1 aromatic carbocycles. The molecule has 5 nitrogen and oxygen atoms in total. The fourth-order valence-corrected chi connectivity index (χ4v) is 4.74. The summed E-state index contributed by atoms with van der Waals surface area (Å²) >= 11 is 0. The SMILES string of the molecule is CN1CCC2(CCCN(Cc3cccc(F)c3)C2CNC(=O)N(C)C)CC1. The van der Waals surface area contributed by atoms with Crippen molar-refractivity contribution >= 4 is 6.03 Å².